The molecule has 0 N–H and O–H groups in total. The lowest BCUT2D eigenvalue weighted by molar-refractivity contribution is -0.261. The van der Waals surface area contributed by atoms with Gasteiger partial charge in [0.05, 0.1) is 23.5 Å². The zero-order valence-electron chi connectivity index (χ0n) is 19.9. The van der Waals surface area contributed by atoms with Gasteiger partial charge in [-0.25, -0.2) is 0 Å². The van der Waals surface area contributed by atoms with Crippen molar-refractivity contribution in [2.75, 3.05) is 13.2 Å². The van der Waals surface area contributed by atoms with Crippen molar-refractivity contribution in [2.24, 2.45) is 10.8 Å². The number of hydrogen-bond acceptors (Lipinski definition) is 11. The molecule has 4 aliphatic rings. The lowest BCUT2D eigenvalue weighted by Gasteiger charge is -2.59. The molecule has 1 saturated carbocycles. The summed E-state index contributed by atoms with van der Waals surface area (Å²) < 4.78 is 34.7. The molecular formula is C23H28O11. The number of hydrogen-bond donors (Lipinski definition) is 0. The van der Waals surface area contributed by atoms with E-state index in [0.717, 1.165) is 6.92 Å². The van der Waals surface area contributed by atoms with E-state index in [1.807, 2.05) is 0 Å². The van der Waals surface area contributed by atoms with Crippen molar-refractivity contribution in [1.82, 2.24) is 0 Å². The van der Waals surface area contributed by atoms with Crippen LogP contribution in [0.25, 0.3) is 0 Å². The number of Topliss-reactive ketones (excluding diaryl/α,β-unsaturated/α-hetero) is 1. The summed E-state index contributed by atoms with van der Waals surface area (Å²) >= 11 is 0. The Hall–Kier alpha value is -2.79. The van der Waals surface area contributed by atoms with E-state index in [9.17, 15) is 24.0 Å². The Kier molecular flexibility index (Phi) is 5.64. The summed E-state index contributed by atoms with van der Waals surface area (Å²) in [7, 11) is 0. The van der Waals surface area contributed by atoms with E-state index in [4.69, 9.17) is 28.4 Å². The predicted octanol–water partition coefficient (Wildman–Crippen LogP) is 0.416. The third-order valence-corrected chi connectivity index (χ3v) is 7.62. The van der Waals surface area contributed by atoms with Crippen LogP contribution in [0, 0.1) is 10.8 Å². The molecule has 2 aliphatic heterocycles. The van der Waals surface area contributed by atoms with Crippen molar-refractivity contribution in [3.05, 3.63) is 11.6 Å². The van der Waals surface area contributed by atoms with Gasteiger partial charge in [-0.05, 0) is 18.6 Å². The third kappa shape index (κ3) is 3.13. The van der Waals surface area contributed by atoms with Gasteiger partial charge in [0.1, 0.15) is 18.3 Å². The largest absolute Gasteiger partial charge is 0.465 e. The van der Waals surface area contributed by atoms with Gasteiger partial charge in [0.25, 0.3) is 0 Å². The SMILES string of the molecule is CC(=O)OC[C@]12[C@H](OC(C)=O)C(=O)C(C)=C[C@H]1O[C@@H]1[C@H](OC(C)=O)[C@@H](OC(C)=O)[C@@]2(C)[C@]12CO2. The van der Waals surface area contributed by atoms with Crippen LogP contribution in [0.2, 0.25) is 0 Å². The van der Waals surface area contributed by atoms with Crippen LogP contribution in [-0.4, -0.2) is 79.0 Å². The smallest absolute Gasteiger partial charge is 0.303 e. The standard InChI is InChI=1S/C23H28O11/c1-10-7-15-22(8-29-11(2)24,18(16(10)28)32-13(4)26)21(6)19(33-14(5)27)17(31-12(3)25)20(34-15)23(21)9-30-23/h7,15,17-20H,8-9H2,1-6H3/t15-,17-,18-,19-,20-,21-,22-,23+/m1/s1. The van der Waals surface area contributed by atoms with Gasteiger partial charge < -0.3 is 28.4 Å². The van der Waals surface area contributed by atoms with Gasteiger partial charge in [-0.2, -0.15) is 0 Å². The number of ketones is 1. The molecular weight excluding hydrogens is 452 g/mol. The molecule has 2 saturated heterocycles. The number of carbonyl (C=O) groups excluding carboxylic acids is 5. The van der Waals surface area contributed by atoms with E-state index in [2.05, 4.69) is 0 Å². The van der Waals surface area contributed by atoms with Crippen LogP contribution in [0.5, 0.6) is 0 Å². The van der Waals surface area contributed by atoms with Gasteiger partial charge in [0.15, 0.2) is 24.1 Å². The maximum absolute atomic E-state index is 13.4. The maximum atomic E-state index is 13.4. The van der Waals surface area contributed by atoms with Crippen LogP contribution in [-0.2, 0) is 52.4 Å². The highest BCUT2D eigenvalue weighted by molar-refractivity contribution is 6.01. The number of ether oxygens (including phenoxy) is 6. The van der Waals surface area contributed by atoms with Gasteiger partial charge in [-0.1, -0.05) is 6.92 Å². The Morgan fingerprint density at radius 2 is 1.59 bits per heavy atom. The topological polar surface area (TPSA) is 144 Å². The highest BCUT2D eigenvalue weighted by Crippen LogP contribution is 2.72. The van der Waals surface area contributed by atoms with Gasteiger partial charge >= 0.3 is 23.9 Å². The molecule has 3 fully saturated rings. The molecule has 2 heterocycles. The second-order valence-electron chi connectivity index (χ2n) is 9.49. The summed E-state index contributed by atoms with van der Waals surface area (Å²) in [5, 5.41) is 0. The quantitative estimate of drug-likeness (QED) is 0.307. The summed E-state index contributed by atoms with van der Waals surface area (Å²) in [5.74, 6) is -3.17. The van der Waals surface area contributed by atoms with Crippen LogP contribution in [0.1, 0.15) is 41.5 Å². The monoisotopic (exact) mass is 480 g/mol. The number of esters is 4. The lowest BCUT2D eigenvalue weighted by atomic mass is 9.50. The molecule has 11 nitrogen and oxygen atoms in total. The molecule has 2 aliphatic carbocycles. The third-order valence-electron chi connectivity index (χ3n) is 7.62. The molecule has 0 amide bonds. The molecule has 0 radical (unpaired) electrons. The summed E-state index contributed by atoms with van der Waals surface area (Å²) in [6.45, 7) is 7.79. The van der Waals surface area contributed by atoms with Crippen molar-refractivity contribution >= 4 is 29.7 Å². The molecule has 0 aromatic rings. The van der Waals surface area contributed by atoms with Crippen molar-refractivity contribution in [1.29, 1.82) is 0 Å². The van der Waals surface area contributed by atoms with Crippen LogP contribution in [0.15, 0.2) is 11.6 Å². The minimum Gasteiger partial charge on any atom is -0.465 e. The van der Waals surface area contributed by atoms with E-state index in [1.54, 1.807) is 19.9 Å². The Bertz CT molecular complexity index is 995. The van der Waals surface area contributed by atoms with E-state index in [-0.39, 0.29) is 6.61 Å². The van der Waals surface area contributed by atoms with Gasteiger partial charge in [0.2, 0.25) is 0 Å². The highest BCUT2D eigenvalue weighted by atomic mass is 16.7. The second-order valence-corrected chi connectivity index (χ2v) is 9.49. The minimum atomic E-state index is -1.55. The molecule has 0 aromatic heterocycles. The fourth-order valence-electron chi connectivity index (χ4n) is 6.14. The van der Waals surface area contributed by atoms with E-state index in [0.29, 0.717) is 5.57 Å². The molecule has 0 aromatic carbocycles. The Morgan fingerprint density at radius 1 is 1.00 bits per heavy atom. The van der Waals surface area contributed by atoms with E-state index in [1.165, 1.54) is 20.8 Å². The summed E-state index contributed by atoms with van der Waals surface area (Å²) in [6, 6.07) is 0. The molecule has 4 rings (SSSR count). The molecule has 34 heavy (non-hydrogen) atoms. The van der Waals surface area contributed by atoms with Crippen LogP contribution in [0.3, 0.4) is 0 Å². The first-order chi connectivity index (χ1) is 15.8. The van der Waals surface area contributed by atoms with Crippen molar-refractivity contribution < 1.29 is 52.4 Å². The maximum Gasteiger partial charge on any atom is 0.303 e. The molecule has 0 unspecified atom stereocenters. The zero-order valence-corrected chi connectivity index (χ0v) is 19.9. The summed E-state index contributed by atoms with van der Waals surface area (Å²) in [6.07, 6.45) is -3.86. The molecule has 2 bridgehead atoms. The minimum absolute atomic E-state index is 0.141. The highest BCUT2D eigenvalue weighted by Gasteiger charge is 2.89. The van der Waals surface area contributed by atoms with Crippen LogP contribution in [0.4, 0.5) is 0 Å². The number of epoxide rings is 1. The fourth-order valence-corrected chi connectivity index (χ4v) is 6.14. The molecule has 1 spiro atoms. The number of fused-ring (bicyclic) bond motifs is 2. The fraction of sp³-hybridized carbons (Fsp3) is 0.696. The summed E-state index contributed by atoms with van der Waals surface area (Å²) in [4.78, 5) is 61.7. The lowest BCUT2D eigenvalue weighted by Crippen LogP contribution is -2.73. The summed E-state index contributed by atoms with van der Waals surface area (Å²) in [5.41, 5.74) is -3.75. The van der Waals surface area contributed by atoms with Gasteiger partial charge in [-0.3, -0.25) is 24.0 Å². The Balaban J connectivity index is 2.00. The zero-order chi connectivity index (χ0) is 25.2. The average molecular weight is 480 g/mol. The van der Waals surface area contributed by atoms with Crippen molar-refractivity contribution in [3.8, 4) is 0 Å². The first kappa shape index (κ1) is 24.3. The molecule has 11 heteroatoms. The average Bonchev–Trinajstić information content (AvgIpc) is 3.50. The van der Waals surface area contributed by atoms with Crippen LogP contribution < -0.4 is 0 Å². The first-order valence-corrected chi connectivity index (χ1v) is 11.0. The van der Waals surface area contributed by atoms with Gasteiger partial charge in [0, 0.05) is 27.7 Å². The van der Waals surface area contributed by atoms with Crippen molar-refractivity contribution in [3.63, 3.8) is 0 Å². The van der Waals surface area contributed by atoms with E-state index >= 15 is 0 Å². The second kappa shape index (κ2) is 7.88. The first-order valence-electron chi connectivity index (χ1n) is 11.0. The van der Waals surface area contributed by atoms with Gasteiger partial charge in [-0.15, -0.1) is 0 Å². The number of rotatable bonds is 5. The molecule has 8 atom stereocenters. The number of carbonyl (C=O) groups is 5. The molecule has 186 valence electrons. The Morgan fingerprint density at radius 3 is 2.09 bits per heavy atom. The van der Waals surface area contributed by atoms with Crippen LogP contribution >= 0.6 is 0 Å². The van der Waals surface area contributed by atoms with E-state index < -0.39 is 83.2 Å². The van der Waals surface area contributed by atoms with Crippen molar-refractivity contribution in [2.45, 2.75) is 77.7 Å². The Labute approximate surface area is 196 Å². The predicted molar refractivity (Wildman–Crippen MR) is 110 cm³/mol. The normalized spacial score (nSPS) is 41.8.